The molecule has 0 aromatic heterocycles. The molecule has 0 aliphatic carbocycles. The zero-order valence-corrected chi connectivity index (χ0v) is 42.3. The van der Waals surface area contributed by atoms with E-state index in [4.69, 9.17) is 0 Å². The van der Waals surface area contributed by atoms with Crippen LogP contribution in [0.4, 0.5) is 0 Å². The Morgan fingerprint density at radius 1 is 0.300 bits per heavy atom. The second kappa shape index (κ2) is 40.4. The molecule has 0 aliphatic rings. The first-order valence-corrected chi connectivity index (χ1v) is 27.1. The Labute approximate surface area is 376 Å². The number of nitrogens with zero attached hydrogens (tertiary/aromatic N) is 2. The second-order valence-corrected chi connectivity index (χ2v) is 20.5. The van der Waals surface area contributed by atoms with E-state index in [0.29, 0.717) is 30.4 Å². The normalized spacial score (nSPS) is 12.0. The standard InChI is InChI=1S/C55H108N2O3/c1-9-13-17-21-25-29-39-47-56(48-40-30-26-22-18-14-10-2)52(59)54(5,6)45-37-33-35-43-51(58)44-36-34-38-46-55(7,8)53(60)57(49-41-31-27-23-19-15-11-3)50-42-32-28-24-20-16-12-4/h9-50H2,1-8H3. The molecule has 0 aliphatic heterocycles. The average Bonchev–Trinajstić information content (AvgIpc) is 3.22. The van der Waals surface area contributed by atoms with Gasteiger partial charge in [-0.3, -0.25) is 14.4 Å². The maximum atomic E-state index is 13.9. The van der Waals surface area contributed by atoms with Crippen LogP contribution in [0.2, 0.25) is 0 Å². The Bertz CT molecular complexity index is 878. The van der Waals surface area contributed by atoms with E-state index in [0.717, 1.165) is 103 Å². The first-order valence-electron chi connectivity index (χ1n) is 27.1. The van der Waals surface area contributed by atoms with Crippen molar-refractivity contribution in [3.05, 3.63) is 0 Å². The molecule has 356 valence electrons. The summed E-state index contributed by atoms with van der Waals surface area (Å²) in [5.74, 6) is 1.07. The number of carbonyl (C=O) groups is 3. The van der Waals surface area contributed by atoms with E-state index in [1.54, 1.807) is 0 Å². The molecule has 0 N–H and O–H groups in total. The highest BCUT2D eigenvalue weighted by molar-refractivity contribution is 5.82. The number of carbonyl (C=O) groups excluding carboxylic acids is 3. The number of amides is 2. The highest BCUT2D eigenvalue weighted by Gasteiger charge is 2.32. The zero-order valence-electron chi connectivity index (χ0n) is 42.3. The van der Waals surface area contributed by atoms with Gasteiger partial charge in [0.2, 0.25) is 11.8 Å². The van der Waals surface area contributed by atoms with E-state index in [1.807, 2.05) is 0 Å². The van der Waals surface area contributed by atoms with Crippen molar-refractivity contribution in [2.24, 2.45) is 10.8 Å². The van der Waals surface area contributed by atoms with Crippen molar-refractivity contribution >= 4 is 17.6 Å². The summed E-state index contributed by atoms with van der Waals surface area (Å²) in [4.78, 5) is 45.0. The molecule has 0 saturated carbocycles. The van der Waals surface area contributed by atoms with E-state index < -0.39 is 0 Å². The molecule has 60 heavy (non-hydrogen) atoms. The van der Waals surface area contributed by atoms with Crippen LogP contribution in [0.25, 0.3) is 0 Å². The van der Waals surface area contributed by atoms with Crippen molar-refractivity contribution in [1.29, 1.82) is 0 Å². The van der Waals surface area contributed by atoms with E-state index in [1.165, 1.54) is 154 Å². The summed E-state index contributed by atoms with van der Waals surface area (Å²) < 4.78 is 0. The largest absolute Gasteiger partial charge is 0.342 e. The zero-order chi connectivity index (χ0) is 44.6. The monoisotopic (exact) mass is 845 g/mol. The van der Waals surface area contributed by atoms with E-state index in [-0.39, 0.29) is 10.8 Å². The summed E-state index contributed by atoms with van der Waals surface area (Å²) in [5, 5.41) is 0. The van der Waals surface area contributed by atoms with Gasteiger partial charge in [-0.15, -0.1) is 0 Å². The first kappa shape index (κ1) is 58.6. The van der Waals surface area contributed by atoms with Gasteiger partial charge in [0.25, 0.3) is 0 Å². The van der Waals surface area contributed by atoms with Crippen molar-refractivity contribution in [2.75, 3.05) is 26.2 Å². The van der Waals surface area contributed by atoms with Crippen LogP contribution in [-0.2, 0) is 14.4 Å². The predicted octanol–water partition coefficient (Wildman–Crippen LogP) is 17.2. The van der Waals surface area contributed by atoms with Crippen molar-refractivity contribution in [3.8, 4) is 0 Å². The molecule has 0 bridgehead atoms. The highest BCUT2D eigenvalue weighted by atomic mass is 16.2. The van der Waals surface area contributed by atoms with Gasteiger partial charge < -0.3 is 9.80 Å². The van der Waals surface area contributed by atoms with Crippen molar-refractivity contribution in [3.63, 3.8) is 0 Å². The lowest BCUT2D eigenvalue weighted by molar-refractivity contribution is -0.141. The molecule has 0 rings (SSSR count). The summed E-state index contributed by atoms with van der Waals surface area (Å²) in [7, 11) is 0. The predicted molar refractivity (Wildman–Crippen MR) is 264 cm³/mol. The third-order valence-corrected chi connectivity index (χ3v) is 13.4. The van der Waals surface area contributed by atoms with Gasteiger partial charge in [-0.2, -0.15) is 0 Å². The molecule has 0 atom stereocenters. The van der Waals surface area contributed by atoms with Crippen LogP contribution in [0.15, 0.2) is 0 Å². The summed E-state index contributed by atoms with van der Waals surface area (Å²) in [6, 6.07) is 0. The molecule has 0 radical (unpaired) electrons. The van der Waals surface area contributed by atoms with Crippen LogP contribution >= 0.6 is 0 Å². The summed E-state index contributed by atoms with van der Waals surface area (Å²) >= 11 is 0. The van der Waals surface area contributed by atoms with Crippen LogP contribution in [-0.4, -0.2) is 53.6 Å². The SMILES string of the molecule is CCCCCCCCCN(CCCCCCCCC)C(=O)C(C)(C)CCCCCC(=O)CCCCCC(C)(C)C(=O)N(CCCCCCCCC)CCCCCCCCC. The van der Waals surface area contributed by atoms with Gasteiger partial charge in [0.05, 0.1) is 0 Å². The number of unbranched alkanes of at least 4 members (excludes halogenated alkanes) is 28. The lowest BCUT2D eigenvalue weighted by Crippen LogP contribution is -2.42. The molecule has 0 aromatic carbocycles. The molecule has 0 spiro atoms. The van der Waals surface area contributed by atoms with Crippen LogP contribution < -0.4 is 0 Å². The van der Waals surface area contributed by atoms with Gasteiger partial charge in [-0.25, -0.2) is 0 Å². The first-order chi connectivity index (χ1) is 29.0. The molecule has 0 unspecified atom stereocenters. The molecule has 0 aromatic rings. The lowest BCUT2D eigenvalue weighted by atomic mass is 9.84. The minimum absolute atomic E-state index is 0.342. The Morgan fingerprint density at radius 2 is 0.517 bits per heavy atom. The van der Waals surface area contributed by atoms with Gasteiger partial charge >= 0.3 is 0 Å². The summed E-state index contributed by atoms with van der Waals surface area (Å²) in [6.07, 6.45) is 44.8. The summed E-state index contributed by atoms with van der Waals surface area (Å²) in [5.41, 5.74) is -0.694. The number of hydrogen-bond acceptors (Lipinski definition) is 3. The molecule has 0 saturated heterocycles. The van der Waals surface area contributed by atoms with Gasteiger partial charge in [0, 0.05) is 49.9 Å². The quantitative estimate of drug-likeness (QED) is 0.0574. The van der Waals surface area contributed by atoms with Crippen LogP contribution in [0.3, 0.4) is 0 Å². The number of hydrogen-bond donors (Lipinski definition) is 0. The van der Waals surface area contributed by atoms with E-state index >= 15 is 0 Å². The maximum absolute atomic E-state index is 13.9. The third kappa shape index (κ3) is 33.2. The molecule has 5 nitrogen and oxygen atoms in total. The van der Waals surface area contributed by atoms with E-state index in [9.17, 15) is 14.4 Å². The fraction of sp³-hybridized carbons (Fsp3) is 0.945. The van der Waals surface area contributed by atoms with E-state index in [2.05, 4.69) is 65.2 Å². The van der Waals surface area contributed by atoms with Gasteiger partial charge in [-0.05, 0) is 51.4 Å². The molecule has 2 amide bonds. The Morgan fingerprint density at radius 3 is 0.767 bits per heavy atom. The highest BCUT2D eigenvalue weighted by Crippen LogP contribution is 2.29. The van der Waals surface area contributed by atoms with Crippen molar-refractivity contribution in [1.82, 2.24) is 9.80 Å². The number of rotatable bonds is 46. The van der Waals surface area contributed by atoms with Gasteiger partial charge in [0.15, 0.2) is 0 Å². The lowest BCUT2D eigenvalue weighted by Gasteiger charge is -2.32. The smallest absolute Gasteiger partial charge is 0.228 e. The molecule has 0 fully saturated rings. The Hall–Kier alpha value is -1.39. The molecular formula is C55H108N2O3. The maximum Gasteiger partial charge on any atom is 0.228 e. The fourth-order valence-electron chi connectivity index (χ4n) is 9.00. The van der Waals surface area contributed by atoms with Crippen LogP contribution in [0, 0.1) is 10.8 Å². The molecule has 0 heterocycles. The Balaban J connectivity index is 4.66. The van der Waals surface area contributed by atoms with Crippen LogP contribution in [0.5, 0.6) is 0 Å². The second-order valence-electron chi connectivity index (χ2n) is 20.5. The molecule has 5 heteroatoms. The average molecular weight is 845 g/mol. The topological polar surface area (TPSA) is 57.7 Å². The van der Waals surface area contributed by atoms with Crippen LogP contribution in [0.1, 0.15) is 299 Å². The van der Waals surface area contributed by atoms with Gasteiger partial charge in [-0.1, -0.05) is 235 Å². The summed E-state index contributed by atoms with van der Waals surface area (Å²) in [6.45, 7) is 21.3. The minimum Gasteiger partial charge on any atom is -0.342 e. The fourth-order valence-corrected chi connectivity index (χ4v) is 9.00. The molecular weight excluding hydrogens is 737 g/mol. The third-order valence-electron chi connectivity index (χ3n) is 13.4. The van der Waals surface area contributed by atoms with Crippen molar-refractivity contribution < 1.29 is 14.4 Å². The Kier molecular flexibility index (Phi) is 39.5. The number of Topliss-reactive ketones (excluding diaryl/α,β-unsaturated/α-hetero) is 1. The number of ketones is 1. The minimum atomic E-state index is -0.347. The van der Waals surface area contributed by atoms with Gasteiger partial charge in [0.1, 0.15) is 5.78 Å². The van der Waals surface area contributed by atoms with Crippen molar-refractivity contribution in [2.45, 2.75) is 299 Å².